The number of aliphatic hydroxyl groups is 9. The Bertz CT molecular complexity index is 1830. The first-order valence-electron chi connectivity index (χ1n) is 16.3. The van der Waals surface area contributed by atoms with Gasteiger partial charge in [-0.05, 0) is 25.1 Å². The Morgan fingerprint density at radius 3 is 2.17 bits per heavy atom. The Morgan fingerprint density at radius 2 is 1.51 bits per heavy atom. The lowest BCUT2D eigenvalue weighted by Gasteiger charge is -2.40. The largest absolute Gasteiger partial charge is 0.507 e. The Labute approximate surface area is 298 Å². The van der Waals surface area contributed by atoms with Crippen molar-refractivity contribution in [3.05, 3.63) is 40.6 Å². The molecule has 3 aliphatic heterocycles. The molecular formula is C33H40O20. The average Bonchev–Trinajstić information content (AvgIpc) is 3.42. The van der Waals surface area contributed by atoms with Crippen LogP contribution >= 0.6 is 0 Å². The zero-order chi connectivity index (χ0) is 38.5. The number of hydrogen-bond acceptors (Lipinski definition) is 20. The zero-order valence-electron chi connectivity index (χ0n) is 28.0. The van der Waals surface area contributed by atoms with Crippen molar-refractivity contribution in [2.45, 2.75) is 86.3 Å². The van der Waals surface area contributed by atoms with Crippen LogP contribution in [0.25, 0.3) is 22.3 Å². The lowest BCUT2D eigenvalue weighted by molar-refractivity contribution is -0.289. The van der Waals surface area contributed by atoms with Crippen LogP contribution in [0.5, 0.6) is 28.7 Å². The van der Waals surface area contributed by atoms with E-state index in [0.29, 0.717) is 0 Å². The zero-order valence-corrected chi connectivity index (χ0v) is 28.0. The molecule has 0 aliphatic carbocycles. The van der Waals surface area contributed by atoms with Gasteiger partial charge in [-0.2, -0.15) is 0 Å². The SMILES string of the molecule is COc1cc(-c2oc3cc(OC4O[C@H](C)[C@@H](O)[C@H](O)[C@@H]4O)cc(O)c3c(=O)c2OC2O[C@@H](CO[C@@H]3OC[C@](O)(CO)[C@H]3O)[C@H](O)[C@@H](O)[C@@H]2O)ccc1O. The quantitative estimate of drug-likeness (QED) is 0.0967. The molecule has 0 saturated carbocycles. The number of aliphatic hydroxyl groups excluding tert-OH is 8. The summed E-state index contributed by atoms with van der Waals surface area (Å²) in [6.45, 7) is -0.527. The number of fused-ring (bicyclic) bond motifs is 1. The van der Waals surface area contributed by atoms with E-state index in [4.69, 9.17) is 37.6 Å². The Morgan fingerprint density at radius 1 is 0.830 bits per heavy atom. The molecule has 3 aromatic rings. The van der Waals surface area contributed by atoms with E-state index in [0.717, 1.165) is 12.1 Å². The summed E-state index contributed by atoms with van der Waals surface area (Å²) in [6.07, 6.45) is -19.6. The predicted octanol–water partition coefficient (Wildman–Crippen LogP) is -3.27. The van der Waals surface area contributed by atoms with E-state index < -0.39 is 122 Å². The highest BCUT2D eigenvalue weighted by Gasteiger charge is 2.50. The van der Waals surface area contributed by atoms with Gasteiger partial charge in [0.15, 0.2) is 23.5 Å². The molecule has 20 heteroatoms. The molecule has 2 aromatic carbocycles. The lowest BCUT2D eigenvalue weighted by Crippen LogP contribution is -2.60. The molecule has 3 aliphatic rings. The van der Waals surface area contributed by atoms with Gasteiger partial charge < -0.3 is 93.7 Å². The third-order valence-corrected chi connectivity index (χ3v) is 9.32. The van der Waals surface area contributed by atoms with Crippen molar-refractivity contribution in [3.8, 4) is 40.1 Å². The maximum Gasteiger partial charge on any atom is 0.239 e. The van der Waals surface area contributed by atoms with Gasteiger partial charge in [-0.1, -0.05) is 0 Å². The molecule has 4 heterocycles. The third-order valence-electron chi connectivity index (χ3n) is 9.32. The van der Waals surface area contributed by atoms with Gasteiger partial charge in [0.2, 0.25) is 23.8 Å². The van der Waals surface area contributed by atoms with Crippen molar-refractivity contribution in [2.75, 3.05) is 26.9 Å². The molecule has 1 aromatic heterocycles. The summed E-state index contributed by atoms with van der Waals surface area (Å²) in [5.41, 5.74) is -3.34. The first-order chi connectivity index (χ1) is 25.1. The number of rotatable bonds is 10. The summed E-state index contributed by atoms with van der Waals surface area (Å²) in [6, 6.07) is 5.90. The normalized spacial score (nSPS) is 36.1. The van der Waals surface area contributed by atoms with Gasteiger partial charge in [0.1, 0.15) is 76.9 Å². The van der Waals surface area contributed by atoms with Gasteiger partial charge in [0.05, 0.1) is 33.0 Å². The first-order valence-corrected chi connectivity index (χ1v) is 16.3. The van der Waals surface area contributed by atoms with Crippen LogP contribution in [-0.2, 0) is 18.9 Å². The second-order valence-electron chi connectivity index (χ2n) is 12.9. The third kappa shape index (κ3) is 7.22. The Hall–Kier alpha value is -3.87. The molecule has 3 saturated heterocycles. The van der Waals surface area contributed by atoms with Gasteiger partial charge in [0.25, 0.3) is 0 Å². The van der Waals surface area contributed by atoms with Crippen molar-refractivity contribution < 1.29 is 93.7 Å². The first kappa shape index (κ1) is 38.8. The summed E-state index contributed by atoms with van der Waals surface area (Å²) in [5, 5.41) is 114. The van der Waals surface area contributed by atoms with E-state index in [1.165, 1.54) is 32.2 Å². The van der Waals surface area contributed by atoms with Crippen LogP contribution < -0.4 is 19.6 Å². The highest BCUT2D eigenvalue weighted by atomic mass is 16.7. The number of phenols is 2. The number of hydrogen-bond donors (Lipinski definition) is 11. The topological polar surface area (TPSA) is 317 Å². The molecule has 2 unspecified atom stereocenters. The van der Waals surface area contributed by atoms with Crippen molar-refractivity contribution >= 4 is 11.0 Å². The summed E-state index contributed by atoms with van der Waals surface area (Å²) in [4.78, 5) is 14.1. The van der Waals surface area contributed by atoms with E-state index in [1.807, 2.05) is 0 Å². The molecule has 0 bridgehead atoms. The fraction of sp³-hybridized carbons (Fsp3) is 0.545. The summed E-state index contributed by atoms with van der Waals surface area (Å²) in [5.74, 6) is -2.36. The Balaban J connectivity index is 1.35. The maximum atomic E-state index is 14.1. The van der Waals surface area contributed by atoms with Crippen LogP contribution in [0.2, 0.25) is 0 Å². The van der Waals surface area contributed by atoms with Crippen molar-refractivity contribution in [1.82, 2.24) is 0 Å². The number of phenolic OH excluding ortho intramolecular Hbond substituents is 2. The maximum absolute atomic E-state index is 14.1. The molecule has 0 radical (unpaired) electrons. The van der Waals surface area contributed by atoms with E-state index >= 15 is 0 Å². The van der Waals surface area contributed by atoms with Crippen LogP contribution in [0.15, 0.2) is 39.5 Å². The monoisotopic (exact) mass is 756 g/mol. The molecular weight excluding hydrogens is 716 g/mol. The van der Waals surface area contributed by atoms with Gasteiger partial charge in [-0.15, -0.1) is 0 Å². The molecule has 20 nitrogen and oxygen atoms in total. The van der Waals surface area contributed by atoms with Gasteiger partial charge in [0, 0.05) is 17.7 Å². The highest BCUT2D eigenvalue weighted by molar-refractivity contribution is 5.88. The van der Waals surface area contributed by atoms with Gasteiger partial charge in [-0.25, -0.2) is 0 Å². The average molecular weight is 757 g/mol. The van der Waals surface area contributed by atoms with Gasteiger partial charge >= 0.3 is 0 Å². The van der Waals surface area contributed by atoms with Crippen LogP contribution in [0.3, 0.4) is 0 Å². The van der Waals surface area contributed by atoms with Crippen LogP contribution in [0.4, 0.5) is 0 Å². The second kappa shape index (κ2) is 15.1. The van der Waals surface area contributed by atoms with E-state index in [2.05, 4.69) is 0 Å². The number of aromatic hydroxyl groups is 2. The van der Waals surface area contributed by atoms with Gasteiger partial charge in [-0.3, -0.25) is 4.79 Å². The Kier molecular flexibility index (Phi) is 11.1. The lowest BCUT2D eigenvalue weighted by atomic mass is 9.99. The standard InChI is InChI=1S/C33H40O20/c1-11-20(37)23(40)25(42)30(49-11)50-13-6-15(36)19-17(7-13)51-27(12-3-4-14(35)16(5-12)46-2)28(22(19)39)53-31-26(43)24(41)21(38)18(52-31)8-47-32-29(44)33(45,9-34)10-48-32/h3-7,11,18,20-21,23-26,29-32,34-38,40-45H,8-10H2,1-2H3/t11-,18+,20-,21+,23+,24-,25+,26+,29+,30?,31?,32-,33-/m1/s1. The minimum Gasteiger partial charge on any atom is -0.507 e. The second-order valence-corrected chi connectivity index (χ2v) is 12.9. The van der Waals surface area contributed by atoms with Crippen LogP contribution in [0, 0.1) is 0 Å². The fourth-order valence-electron chi connectivity index (χ4n) is 6.08. The number of benzene rings is 2. The summed E-state index contributed by atoms with van der Waals surface area (Å²) >= 11 is 0. The van der Waals surface area contributed by atoms with E-state index in [9.17, 15) is 61.0 Å². The summed E-state index contributed by atoms with van der Waals surface area (Å²) < 4.78 is 44.5. The molecule has 3 fully saturated rings. The van der Waals surface area contributed by atoms with E-state index in [1.54, 1.807) is 0 Å². The van der Waals surface area contributed by atoms with Crippen molar-refractivity contribution in [1.29, 1.82) is 0 Å². The molecule has 53 heavy (non-hydrogen) atoms. The van der Waals surface area contributed by atoms with Crippen molar-refractivity contribution in [3.63, 3.8) is 0 Å². The minimum atomic E-state index is -2.02. The van der Waals surface area contributed by atoms with Crippen molar-refractivity contribution in [2.24, 2.45) is 0 Å². The van der Waals surface area contributed by atoms with E-state index in [-0.39, 0.29) is 34.2 Å². The minimum absolute atomic E-state index is 0.0472. The molecule has 0 spiro atoms. The predicted molar refractivity (Wildman–Crippen MR) is 172 cm³/mol. The molecule has 6 rings (SSSR count). The molecule has 11 N–H and O–H groups in total. The molecule has 292 valence electrons. The molecule has 0 amide bonds. The molecule has 13 atom stereocenters. The number of ether oxygens (including phenoxy) is 7. The summed E-state index contributed by atoms with van der Waals surface area (Å²) in [7, 11) is 1.26. The highest BCUT2D eigenvalue weighted by Crippen LogP contribution is 2.40. The fourth-order valence-corrected chi connectivity index (χ4v) is 6.08. The smallest absolute Gasteiger partial charge is 0.239 e. The van der Waals surface area contributed by atoms with Crippen LogP contribution in [-0.4, -0.2) is 163 Å². The van der Waals surface area contributed by atoms with Crippen LogP contribution in [0.1, 0.15) is 6.92 Å². The number of methoxy groups -OCH3 is 1.